The van der Waals surface area contributed by atoms with E-state index in [1.165, 1.54) is 0 Å². The van der Waals surface area contributed by atoms with Crippen LogP contribution in [0.2, 0.25) is 0 Å². The lowest BCUT2D eigenvalue weighted by Gasteiger charge is -2.31. The van der Waals surface area contributed by atoms with Crippen molar-refractivity contribution in [1.82, 2.24) is 19.5 Å². The number of halogens is 1. The van der Waals surface area contributed by atoms with E-state index in [1.807, 2.05) is 13.1 Å². The Kier molecular flexibility index (Phi) is 4.93. The lowest BCUT2D eigenvalue weighted by molar-refractivity contribution is -0.0307. The molecular formula is C15H19FN4O3S. The van der Waals surface area contributed by atoms with Crippen LogP contribution in [0.4, 0.5) is 4.39 Å². The summed E-state index contributed by atoms with van der Waals surface area (Å²) < 4.78 is 47.9. The molecule has 9 heteroatoms. The molecule has 2 aromatic rings. The SMILES string of the molecule is Cn1nccc1[C@@H]1OCCC[C@H]1CNS(=O)(=O)c1cncc(F)c1. The van der Waals surface area contributed by atoms with Crippen LogP contribution in [-0.2, 0) is 21.8 Å². The molecule has 0 unspecified atom stereocenters. The Morgan fingerprint density at radius 2 is 2.29 bits per heavy atom. The van der Waals surface area contributed by atoms with E-state index in [-0.39, 0.29) is 23.5 Å². The van der Waals surface area contributed by atoms with E-state index in [0.717, 1.165) is 37.0 Å². The largest absolute Gasteiger partial charge is 0.372 e. The number of hydrogen-bond donors (Lipinski definition) is 1. The second-order valence-corrected chi connectivity index (χ2v) is 7.53. The van der Waals surface area contributed by atoms with Gasteiger partial charge in [0.1, 0.15) is 16.8 Å². The highest BCUT2D eigenvalue weighted by atomic mass is 32.2. The molecule has 0 amide bonds. The van der Waals surface area contributed by atoms with E-state index in [0.29, 0.717) is 6.61 Å². The van der Waals surface area contributed by atoms with Crippen LogP contribution in [0.15, 0.2) is 35.6 Å². The van der Waals surface area contributed by atoms with Gasteiger partial charge >= 0.3 is 0 Å². The van der Waals surface area contributed by atoms with Gasteiger partial charge in [-0.25, -0.2) is 17.5 Å². The van der Waals surface area contributed by atoms with Crippen LogP contribution in [0.25, 0.3) is 0 Å². The van der Waals surface area contributed by atoms with Crippen molar-refractivity contribution < 1.29 is 17.5 Å². The molecule has 0 spiro atoms. The zero-order valence-electron chi connectivity index (χ0n) is 13.2. The number of aryl methyl sites for hydroxylation is 1. The number of sulfonamides is 1. The number of aromatic nitrogens is 3. The van der Waals surface area contributed by atoms with E-state index in [4.69, 9.17) is 4.74 Å². The third-order valence-corrected chi connectivity index (χ3v) is 5.51. The molecule has 1 aliphatic rings. The van der Waals surface area contributed by atoms with Crippen molar-refractivity contribution in [1.29, 1.82) is 0 Å². The molecular weight excluding hydrogens is 335 g/mol. The zero-order valence-corrected chi connectivity index (χ0v) is 14.0. The van der Waals surface area contributed by atoms with E-state index in [1.54, 1.807) is 10.9 Å². The summed E-state index contributed by atoms with van der Waals surface area (Å²) in [6, 6.07) is 2.82. The second kappa shape index (κ2) is 6.96. The normalized spacial score (nSPS) is 21.8. The molecule has 7 nitrogen and oxygen atoms in total. The molecule has 2 aromatic heterocycles. The summed E-state index contributed by atoms with van der Waals surface area (Å²) in [5.74, 6) is -0.711. The fourth-order valence-corrected chi connectivity index (χ4v) is 3.95. The van der Waals surface area contributed by atoms with Crippen LogP contribution in [0.3, 0.4) is 0 Å². The lowest BCUT2D eigenvalue weighted by Crippen LogP contribution is -2.35. The first-order valence-corrected chi connectivity index (χ1v) is 9.15. The molecule has 3 heterocycles. The summed E-state index contributed by atoms with van der Waals surface area (Å²) in [6.45, 7) is 0.835. The Morgan fingerprint density at radius 3 is 3.00 bits per heavy atom. The average molecular weight is 354 g/mol. The number of ether oxygens (including phenoxy) is 1. The highest BCUT2D eigenvalue weighted by Crippen LogP contribution is 2.33. The average Bonchev–Trinajstić information content (AvgIpc) is 2.99. The highest BCUT2D eigenvalue weighted by Gasteiger charge is 2.30. The minimum absolute atomic E-state index is 0.0227. The van der Waals surface area contributed by atoms with Crippen LogP contribution in [0.5, 0.6) is 0 Å². The van der Waals surface area contributed by atoms with Crippen molar-refractivity contribution in [2.45, 2.75) is 23.8 Å². The third kappa shape index (κ3) is 3.63. The summed E-state index contributed by atoms with van der Waals surface area (Å²) in [6.07, 6.45) is 5.25. The maximum atomic E-state index is 13.2. The van der Waals surface area contributed by atoms with Gasteiger partial charge in [-0.2, -0.15) is 5.10 Å². The Balaban J connectivity index is 1.73. The quantitative estimate of drug-likeness (QED) is 0.877. The van der Waals surface area contributed by atoms with Crippen LogP contribution >= 0.6 is 0 Å². The van der Waals surface area contributed by atoms with Crippen LogP contribution in [0, 0.1) is 11.7 Å². The van der Waals surface area contributed by atoms with E-state index in [9.17, 15) is 12.8 Å². The van der Waals surface area contributed by atoms with Crippen LogP contribution in [0.1, 0.15) is 24.6 Å². The van der Waals surface area contributed by atoms with E-state index >= 15 is 0 Å². The van der Waals surface area contributed by atoms with Gasteiger partial charge in [-0.1, -0.05) is 0 Å². The van der Waals surface area contributed by atoms with Gasteiger partial charge in [-0.05, 0) is 25.0 Å². The monoisotopic (exact) mass is 354 g/mol. The second-order valence-electron chi connectivity index (χ2n) is 5.76. The van der Waals surface area contributed by atoms with Crippen molar-refractivity contribution >= 4 is 10.0 Å². The maximum Gasteiger partial charge on any atom is 0.242 e. The first-order valence-electron chi connectivity index (χ1n) is 7.67. The van der Waals surface area contributed by atoms with Crippen molar-refractivity contribution in [2.24, 2.45) is 13.0 Å². The fourth-order valence-electron chi connectivity index (χ4n) is 2.88. The van der Waals surface area contributed by atoms with Gasteiger partial charge < -0.3 is 4.74 Å². The maximum absolute atomic E-state index is 13.2. The Hall–Kier alpha value is -1.84. The standard InChI is InChI=1S/C15H19FN4O3S/c1-20-14(4-5-18-20)15-11(3-2-6-23-15)8-19-24(21,22)13-7-12(16)9-17-10-13/h4-5,7,9-11,15,19H,2-3,6,8H2,1H3/t11-,15+/m0/s1. The fraction of sp³-hybridized carbons (Fsp3) is 0.467. The molecule has 3 rings (SSSR count). The molecule has 2 atom stereocenters. The predicted octanol–water partition coefficient (Wildman–Crippen LogP) is 1.40. The summed E-state index contributed by atoms with van der Waals surface area (Å²) in [4.78, 5) is 3.40. The smallest absolute Gasteiger partial charge is 0.242 e. The molecule has 1 fully saturated rings. The first-order chi connectivity index (χ1) is 11.5. The number of hydrogen-bond acceptors (Lipinski definition) is 5. The lowest BCUT2D eigenvalue weighted by atomic mass is 9.92. The minimum Gasteiger partial charge on any atom is -0.372 e. The Labute approximate surface area is 139 Å². The van der Waals surface area contributed by atoms with Crippen LogP contribution in [-0.4, -0.2) is 36.3 Å². The van der Waals surface area contributed by atoms with Gasteiger partial charge in [0.15, 0.2) is 0 Å². The zero-order chi connectivity index (χ0) is 17.2. The number of pyridine rings is 1. The Morgan fingerprint density at radius 1 is 1.46 bits per heavy atom. The molecule has 0 bridgehead atoms. The molecule has 0 radical (unpaired) electrons. The summed E-state index contributed by atoms with van der Waals surface area (Å²) in [7, 11) is -1.99. The number of rotatable bonds is 5. The van der Waals surface area contributed by atoms with Crippen molar-refractivity contribution in [2.75, 3.05) is 13.2 Å². The van der Waals surface area contributed by atoms with Gasteiger partial charge in [0, 0.05) is 38.5 Å². The van der Waals surface area contributed by atoms with Crippen LogP contribution < -0.4 is 4.72 Å². The molecule has 1 saturated heterocycles. The van der Waals surface area contributed by atoms with Gasteiger partial charge in [-0.15, -0.1) is 0 Å². The molecule has 0 aliphatic carbocycles. The van der Waals surface area contributed by atoms with Gasteiger partial charge in [0.05, 0.1) is 11.9 Å². The number of nitrogens with zero attached hydrogens (tertiary/aromatic N) is 3. The van der Waals surface area contributed by atoms with Crippen molar-refractivity contribution in [3.8, 4) is 0 Å². The molecule has 0 aromatic carbocycles. The highest BCUT2D eigenvalue weighted by molar-refractivity contribution is 7.89. The molecule has 0 saturated carbocycles. The van der Waals surface area contributed by atoms with Gasteiger partial charge in [-0.3, -0.25) is 9.67 Å². The summed E-state index contributed by atoms with van der Waals surface area (Å²) in [5.41, 5.74) is 0.909. The van der Waals surface area contributed by atoms with Crippen molar-refractivity contribution in [3.05, 3.63) is 42.2 Å². The molecule has 24 heavy (non-hydrogen) atoms. The molecule has 130 valence electrons. The topological polar surface area (TPSA) is 86.1 Å². The predicted molar refractivity (Wildman–Crippen MR) is 84.0 cm³/mol. The summed E-state index contributed by atoms with van der Waals surface area (Å²) in [5, 5.41) is 4.14. The van der Waals surface area contributed by atoms with E-state index < -0.39 is 15.8 Å². The minimum atomic E-state index is -3.82. The van der Waals surface area contributed by atoms with Gasteiger partial charge in [0.2, 0.25) is 10.0 Å². The first kappa shape index (κ1) is 17.0. The number of nitrogens with one attached hydrogen (secondary N) is 1. The third-order valence-electron chi connectivity index (χ3n) is 4.12. The van der Waals surface area contributed by atoms with E-state index in [2.05, 4.69) is 14.8 Å². The summed E-state index contributed by atoms with van der Waals surface area (Å²) >= 11 is 0. The Bertz CT molecular complexity index is 809. The molecule has 1 aliphatic heterocycles. The molecule has 1 N–H and O–H groups in total. The van der Waals surface area contributed by atoms with Gasteiger partial charge in [0.25, 0.3) is 0 Å². The van der Waals surface area contributed by atoms with Crippen molar-refractivity contribution in [3.63, 3.8) is 0 Å².